The van der Waals surface area contributed by atoms with Crippen molar-refractivity contribution in [1.29, 1.82) is 0 Å². The van der Waals surface area contributed by atoms with Crippen LogP contribution in [0.4, 0.5) is 0 Å². The highest BCUT2D eigenvalue weighted by Gasteiger charge is 2.11. The minimum atomic E-state index is -0.150. The first-order valence-electron chi connectivity index (χ1n) is 6.94. The minimum Gasteiger partial charge on any atom is -0.353 e. The van der Waals surface area contributed by atoms with Crippen molar-refractivity contribution < 1.29 is 4.79 Å². The molecule has 0 saturated heterocycles. The lowest BCUT2D eigenvalue weighted by molar-refractivity contribution is -0.116. The Bertz CT molecular complexity index is 690. The second-order valence-electron chi connectivity index (χ2n) is 4.80. The lowest BCUT2D eigenvalue weighted by Crippen LogP contribution is -2.19. The molecule has 4 nitrogen and oxygen atoms in total. The average molecular weight is 338 g/mol. The molecular weight excluding hydrogens is 321 g/mol. The molecule has 2 aromatic rings. The molecule has 0 fully saturated rings. The number of amides is 1. The zero-order chi connectivity index (χ0) is 16.1. The Balaban J connectivity index is 2.19. The number of hydrogen-bond acceptors (Lipinski definition) is 2. The highest BCUT2D eigenvalue weighted by molar-refractivity contribution is 6.31. The Morgan fingerprint density at radius 3 is 2.64 bits per heavy atom. The number of carbonyl (C=O) groups excluding carboxylic acids is 1. The van der Waals surface area contributed by atoms with E-state index in [1.54, 1.807) is 10.8 Å². The topological polar surface area (TPSA) is 46.9 Å². The molecule has 1 aromatic heterocycles. The van der Waals surface area contributed by atoms with Crippen LogP contribution in [0.25, 0.3) is 6.08 Å². The van der Waals surface area contributed by atoms with Gasteiger partial charge in [0.25, 0.3) is 0 Å². The number of hydrogen-bond donors (Lipinski definition) is 1. The van der Waals surface area contributed by atoms with Gasteiger partial charge in [0.15, 0.2) is 0 Å². The second kappa shape index (κ2) is 7.47. The van der Waals surface area contributed by atoms with Crippen LogP contribution in [0.15, 0.2) is 30.3 Å². The Kier molecular flexibility index (Phi) is 5.63. The summed E-state index contributed by atoms with van der Waals surface area (Å²) in [5.74, 6) is -0.150. The maximum Gasteiger partial charge on any atom is 0.243 e. The SMILES string of the molecule is CCNC(=O)C=Cc1c(C)nn(Cc2ccc(Cl)cc2)c1Cl. The first-order valence-corrected chi connectivity index (χ1v) is 7.70. The van der Waals surface area contributed by atoms with Crippen molar-refractivity contribution in [1.82, 2.24) is 15.1 Å². The summed E-state index contributed by atoms with van der Waals surface area (Å²) < 4.78 is 1.71. The summed E-state index contributed by atoms with van der Waals surface area (Å²) in [7, 11) is 0. The van der Waals surface area contributed by atoms with E-state index in [1.807, 2.05) is 38.1 Å². The van der Waals surface area contributed by atoms with Gasteiger partial charge in [0, 0.05) is 23.2 Å². The van der Waals surface area contributed by atoms with Gasteiger partial charge < -0.3 is 5.32 Å². The number of benzene rings is 1. The first kappa shape index (κ1) is 16.6. The molecule has 1 heterocycles. The third-order valence-corrected chi connectivity index (χ3v) is 3.76. The van der Waals surface area contributed by atoms with E-state index in [-0.39, 0.29) is 5.91 Å². The Morgan fingerprint density at radius 1 is 1.32 bits per heavy atom. The third-order valence-electron chi connectivity index (χ3n) is 3.11. The van der Waals surface area contributed by atoms with Crippen LogP contribution in [0.3, 0.4) is 0 Å². The van der Waals surface area contributed by atoms with E-state index in [2.05, 4.69) is 10.4 Å². The van der Waals surface area contributed by atoms with Crippen molar-refractivity contribution in [3.05, 3.63) is 57.3 Å². The molecule has 0 unspecified atom stereocenters. The quantitative estimate of drug-likeness (QED) is 0.845. The Hall–Kier alpha value is -1.78. The van der Waals surface area contributed by atoms with E-state index in [1.165, 1.54) is 6.08 Å². The fourth-order valence-electron chi connectivity index (χ4n) is 2.02. The van der Waals surface area contributed by atoms with Gasteiger partial charge in [-0.05, 0) is 37.6 Å². The smallest absolute Gasteiger partial charge is 0.243 e. The molecule has 1 N–H and O–H groups in total. The standard InChI is InChI=1S/C16H17Cl2N3O/c1-3-19-15(22)9-8-14-11(2)20-21(16(14)18)10-12-4-6-13(17)7-5-12/h4-9H,3,10H2,1-2H3,(H,19,22). The molecule has 2 rings (SSSR count). The van der Waals surface area contributed by atoms with Crippen LogP contribution in [0.2, 0.25) is 10.2 Å². The fourth-order valence-corrected chi connectivity index (χ4v) is 2.44. The number of nitrogens with one attached hydrogen (secondary N) is 1. The summed E-state index contributed by atoms with van der Waals surface area (Å²) in [6.45, 7) is 4.87. The maximum absolute atomic E-state index is 11.5. The van der Waals surface area contributed by atoms with Crippen molar-refractivity contribution in [3.63, 3.8) is 0 Å². The third kappa shape index (κ3) is 4.12. The summed E-state index contributed by atoms with van der Waals surface area (Å²) in [5.41, 5.74) is 2.58. The van der Waals surface area contributed by atoms with Crippen molar-refractivity contribution in [2.75, 3.05) is 6.54 Å². The number of nitrogens with zero attached hydrogens (tertiary/aromatic N) is 2. The largest absolute Gasteiger partial charge is 0.353 e. The van der Waals surface area contributed by atoms with Crippen LogP contribution < -0.4 is 5.32 Å². The van der Waals surface area contributed by atoms with E-state index in [0.29, 0.717) is 23.3 Å². The molecule has 0 atom stereocenters. The van der Waals surface area contributed by atoms with Gasteiger partial charge in [-0.15, -0.1) is 0 Å². The summed E-state index contributed by atoms with van der Waals surface area (Å²) >= 11 is 12.2. The monoisotopic (exact) mass is 337 g/mol. The zero-order valence-corrected chi connectivity index (χ0v) is 13.9. The molecule has 0 aliphatic carbocycles. The van der Waals surface area contributed by atoms with E-state index in [0.717, 1.165) is 16.8 Å². The zero-order valence-electron chi connectivity index (χ0n) is 12.4. The van der Waals surface area contributed by atoms with Gasteiger partial charge >= 0.3 is 0 Å². The van der Waals surface area contributed by atoms with Gasteiger partial charge in [-0.3, -0.25) is 4.79 Å². The molecule has 22 heavy (non-hydrogen) atoms. The van der Waals surface area contributed by atoms with Crippen molar-refractivity contribution in [2.45, 2.75) is 20.4 Å². The van der Waals surface area contributed by atoms with Crippen molar-refractivity contribution in [2.24, 2.45) is 0 Å². The molecule has 0 aliphatic rings. The van der Waals surface area contributed by atoms with E-state index < -0.39 is 0 Å². The highest BCUT2D eigenvalue weighted by atomic mass is 35.5. The van der Waals surface area contributed by atoms with Gasteiger partial charge in [-0.25, -0.2) is 4.68 Å². The summed E-state index contributed by atoms with van der Waals surface area (Å²) in [6, 6.07) is 7.52. The Labute approximate surface area is 139 Å². The van der Waals surface area contributed by atoms with Crippen molar-refractivity contribution in [3.8, 4) is 0 Å². The van der Waals surface area contributed by atoms with Crippen LogP contribution in [-0.4, -0.2) is 22.2 Å². The van der Waals surface area contributed by atoms with Gasteiger partial charge in [-0.1, -0.05) is 35.3 Å². The first-order chi connectivity index (χ1) is 10.5. The number of aryl methyl sites for hydroxylation is 1. The number of rotatable bonds is 5. The molecule has 0 spiro atoms. The van der Waals surface area contributed by atoms with Crippen molar-refractivity contribution >= 4 is 35.2 Å². The van der Waals surface area contributed by atoms with Crippen LogP contribution in [-0.2, 0) is 11.3 Å². The van der Waals surface area contributed by atoms with Crippen LogP contribution in [0.5, 0.6) is 0 Å². The van der Waals surface area contributed by atoms with E-state index in [9.17, 15) is 4.79 Å². The number of likely N-dealkylation sites (N-methyl/N-ethyl adjacent to an activating group) is 1. The average Bonchev–Trinajstić information content (AvgIpc) is 2.74. The van der Waals surface area contributed by atoms with Gasteiger partial charge in [0.1, 0.15) is 5.15 Å². The van der Waals surface area contributed by atoms with E-state index in [4.69, 9.17) is 23.2 Å². The molecular formula is C16H17Cl2N3O. The number of aromatic nitrogens is 2. The molecule has 0 bridgehead atoms. The lowest BCUT2D eigenvalue weighted by Gasteiger charge is -2.03. The Morgan fingerprint density at radius 2 is 2.00 bits per heavy atom. The molecule has 1 aromatic carbocycles. The normalized spacial score (nSPS) is 11.1. The van der Waals surface area contributed by atoms with Crippen LogP contribution in [0, 0.1) is 6.92 Å². The molecule has 0 aliphatic heterocycles. The lowest BCUT2D eigenvalue weighted by atomic mass is 10.2. The molecule has 6 heteroatoms. The van der Waals surface area contributed by atoms with E-state index >= 15 is 0 Å². The molecule has 0 radical (unpaired) electrons. The molecule has 1 amide bonds. The minimum absolute atomic E-state index is 0.150. The number of halogens is 2. The summed E-state index contributed by atoms with van der Waals surface area (Å²) in [6.07, 6.45) is 3.15. The summed E-state index contributed by atoms with van der Waals surface area (Å²) in [5, 5.41) is 8.32. The molecule has 116 valence electrons. The maximum atomic E-state index is 11.5. The molecule has 0 saturated carbocycles. The number of carbonyl (C=O) groups is 1. The van der Waals surface area contributed by atoms with Gasteiger partial charge in [0.2, 0.25) is 5.91 Å². The second-order valence-corrected chi connectivity index (χ2v) is 5.60. The highest BCUT2D eigenvalue weighted by Crippen LogP contribution is 2.22. The van der Waals surface area contributed by atoms with Gasteiger partial charge in [0.05, 0.1) is 12.2 Å². The van der Waals surface area contributed by atoms with Crippen LogP contribution in [0.1, 0.15) is 23.7 Å². The van der Waals surface area contributed by atoms with Gasteiger partial charge in [-0.2, -0.15) is 5.10 Å². The predicted molar refractivity (Wildman–Crippen MR) is 90.2 cm³/mol. The van der Waals surface area contributed by atoms with Crippen LogP contribution >= 0.6 is 23.2 Å². The fraction of sp³-hybridized carbons (Fsp3) is 0.250. The predicted octanol–water partition coefficient (Wildman–Crippen LogP) is 3.70. The summed E-state index contributed by atoms with van der Waals surface area (Å²) in [4.78, 5) is 11.5.